The second kappa shape index (κ2) is 8.16. The number of pyridine rings is 1. The van der Waals surface area contributed by atoms with Gasteiger partial charge in [-0.15, -0.1) is 0 Å². The molecule has 3 aromatic heterocycles. The molecule has 2 atom stereocenters. The number of nitrogens with zero attached hydrogens (tertiary/aromatic N) is 4. The quantitative estimate of drug-likeness (QED) is 0.438. The Kier molecular flexibility index (Phi) is 5.29. The van der Waals surface area contributed by atoms with E-state index in [0.29, 0.717) is 61.0 Å². The third-order valence-corrected chi connectivity index (χ3v) is 6.28. The molecule has 0 spiro atoms. The van der Waals surface area contributed by atoms with Crippen LogP contribution < -0.4 is 21.5 Å². The van der Waals surface area contributed by atoms with E-state index in [2.05, 4.69) is 26.0 Å². The highest BCUT2D eigenvalue weighted by molar-refractivity contribution is 6.00. The molecule has 33 heavy (non-hydrogen) atoms. The average molecular weight is 454 g/mol. The standard InChI is InChI=1S/C22H27N7O4/c1-22(32)6-5-13(9-22)25-20(30)15-10-24-29-18(23-2)8-17(27-19(15)29)26-16-4-3-7-28(21(16)31)14-11-33-12-14/h3-4,7-8,10,13-14,23,32H,5-6,9,11-12H2,1-2H3,(H,25,30)(H,26,27)/t13-,22-/m0/s1. The predicted molar refractivity (Wildman–Crippen MR) is 122 cm³/mol. The van der Waals surface area contributed by atoms with E-state index in [-0.39, 0.29) is 23.6 Å². The zero-order valence-corrected chi connectivity index (χ0v) is 18.5. The minimum absolute atomic E-state index is 0.0315. The summed E-state index contributed by atoms with van der Waals surface area (Å²) in [5, 5.41) is 23.6. The lowest BCUT2D eigenvalue weighted by Gasteiger charge is -2.28. The lowest BCUT2D eigenvalue weighted by Crippen LogP contribution is -2.37. The Morgan fingerprint density at radius 3 is 2.85 bits per heavy atom. The van der Waals surface area contributed by atoms with Crippen LogP contribution in [0.25, 0.3) is 5.65 Å². The molecule has 174 valence electrons. The van der Waals surface area contributed by atoms with Crippen molar-refractivity contribution < 1.29 is 14.6 Å². The van der Waals surface area contributed by atoms with Crippen LogP contribution in [0.4, 0.5) is 17.3 Å². The number of ether oxygens (including phenoxy) is 1. The highest BCUT2D eigenvalue weighted by Crippen LogP contribution is 2.29. The lowest BCUT2D eigenvalue weighted by atomic mass is 10.1. The molecule has 1 saturated heterocycles. The smallest absolute Gasteiger partial charge is 0.274 e. The first-order valence-corrected chi connectivity index (χ1v) is 11.0. The Bertz CT molecular complexity index is 1260. The Hall–Kier alpha value is -3.44. The fraction of sp³-hybridized carbons (Fsp3) is 0.455. The van der Waals surface area contributed by atoms with Gasteiger partial charge in [-0.05, 0) is 38.3 Å². The van der Waals surface area contributed by atoms with Crippen molar-refractivity contribution in [1.29, 1.82) is 0 Å². The highest BCUT2D eigenvalue weighted by Gasteiger charge is 2.34. The zero-order chi connectivity index (χ0) is 23.2. The van der Waals surface area contributed by atoms with Crippen LogP contribution in [0.2, 0.25) is 0 Å². The van der Waals surface area contributed by atoms with E-state index in [9.17, 15) is 14.7 Å². The number of aromatic nitrogens is 4. The maximum atomic E-state index is 13.0. The van der Waals surface area contributed by atoms with Crippen LogP contribution in [0.5, 0.6) is 0 Å². The molecule has 1 aliphatic carbocycles. The molecule has 0 bridgehead atoms. The van der Waals surface area contributed by atoms with Crippen molar-refractivity contribution in [3.8, 4) is 0 Å². The van der Waals surface area contributed by atoms with Gasteiger partial charge in [-0.3, -0.25) is 9.59 Å². The van der Waals surface area contributed by atoms with E-state index >= 15 is 0 Å². The van der Waals surface area contributed by atoms with Gasteiger partial charge < -0.3 is 30.4 Å². The predicted octanol–water partition coefficient (Wildman–Crippen LogP) is 1.28. The van der Waals surface area contributed by atoms with Gasteiger partial charge in [-0.25, -0.2) is 4.98 Å². The monoisotopic (exact) mass is 453 g/mol. The summed E-state index contributed by atoms with van der Waals surface area (Å²) in [6.45, 7) is 2.81. The minimum atomic E-state index is -0.762. The SMILES string of the molecule is CNc1cc(Nc2cccn(C3COC3)c2=O)nc2c(C(=O)N[C@H]3CC[C@](C)(O)C3)cnn12. The first-order chi connectivity index (χ1) is 15.8. The molecule has 0 unspecified atom stereocenters. The Morgan fingerprint density at radius 1 is 1.36 bits per heavy atom. The van der Waals surface area contributed by atoms with Crippen molar-refractivity contribution in [2.45, 2.75) is 43.9 Å². The molecule has 2 aliphatic rings. The molecule has 0 radical (unpaired) electrons. The van der Waals surface area contributed by atoms with Gasteiger partial charge in [-0.2, -0.15) is 9.61 Å². The van der Waals surface area contributed by atoms with E-state index in [1.165, 1.54) is 6.20 Å². The van der Waals surface area contributed by atoms with Crippen molar-refractivity contribution >= 4 is 28.9 Å². The summed E-state index contributed by atoms with van der Waals surface area (Å²) in [5.74, 6) is 0.713. The molecule has 5 rings (SSSR count). The largest absolute Gasteiger partial charge is 0.390 e. The molecule has 1 saturated carbocycles. The van der Waals surface area contributed by atoms with Crippen LogP contribution in [0.3, 0.4) is 0 Å². The summed E-state index contributed by atoms with van der Waals surface area (Å²) < 4.78 is 8.40. The number of hydrogen-bond donors (Lipinski definition) is 4. The topological polar surface area (TPSA) is 135 Å². The van der Waals surface area contributed by atoms with E-state index < -0.39 is 5.60 Å². The first-order valence-electron chi connectivity index (χ1n) is 11.0. The Labute approximate surface area is 189 Å². The number of nitrogens with one attached hydrogen (secondary N) is 3. The summed E-state index contributed by atoms with van der Waals surface area (Å²) in [5.41, 5.74) is 0.122. The van der Waals surface area contributed by atoms with Crippen LogP contribution in [-0.4, -0.2) is 62.1 Å². The van der Waals surface area contributed by atoms with E-state index in [0.717, 1.165) is 0 Å². The normalized spacial score (nSPS) is 22.8. The van der Waals surface area contributed by atoms with Crippen molar-refractivity contribution in [3.63, 3.8) is 0 Å². The molecule has 3 aromatic rings. The second-order valence-electron chi connectivity index (χ2n) is 8.93. The Balaban J connectivity index is 1.45. The van der Waals surface area contributed by atoms with Crippen molar-refractivity contribution in [2.75, 3.05) is 30.9 Å². The number of carbonyl (C=O) groups excluding carboxylic acids is 1. The second-order valence-corrected chi connectivity index (χ2v) is 8.93. The van der Waals surface area contributed by atoms with Crippen LogP contribution >= 0.6 is 0 Å². The number of aliphatic hydroxyl groups is 1. The molecule has 11 nitrogen and oxygen atoms in total. The third-order valence-electron chi connectivity index (χ3n) is 6.28. The molecule has 1 amide bonds. The number of amides is 1. The lowest BCUT2D eigenvalue weighted by molar-refractivity contribution is -0.0247. The molecule has 0 aromatic carbocycles. The van der Waals surface area contributed by atoms with Gasteiger partial charge in [0.2, 0.25) is 0 Å². The number of rotatable bonds is 6. The molecule has 2 fully saturated rings. The minimum Gasteiger partial charge on any atom is -0.390 e. The van der Waals surface area contributed by atoms with Gasteiger partial charge in [0, 0.05) is 25.4 Å². The van der Waals surface area contributed by atoms with Gasteiger partial charge in [0.15, 0.2) is 5.65 Å². The fourth-order valence-electron chi connectivity index (χ4n) is 4.39. The van der Waals surface area contributed by atoms with Gasteiger partial charge >= 0.3 is 0 Å². The van der Waals surface area contributed by atoms with Crippen molar-refractivity contribution in [3.05, 3.63) is 46.5 Å². The molecule has 4 N–H and O–H groups in total. The van der Waals surface area contributed by atoms with Crippen molar-refractivity contribution in [2.24, 2.45) is 0 Å². The first kappa shape index (κ1) is 21.4. The number of fused-ring (bicyclic) bond motifs is 1. The fourth-order valence-corrected chi connectivity index (χ4v) is 4.39. The molecule has 1 aliphatic heterocycles. The van der Waals surface area contributed by atoms with E-state index in [1.54, 1.807) is 47.4 Å². The summed E-state index contributed by atoms with van der Waals surface area (Å²) in [7, 11) is 1.74. The highest BCUT2D eigenvalue weighted by atomic mass is 16.5. The summed E-state index contributed by atoms with van der Waals surface area (Å²) >= 11 is 0. The average Bonchev–Trinajstić information content (AvgIpc) is 3.31. The zero-order valence-electron chi connectivity index (χ0n) is 18.5. The molecular weight excluding hydrogens is 426 g/mol. The third kappa shape index (κ3) is 4.05. The van der Waals surface area contributed by atoms with Crippen LogP contribution in [0, 0.1) is 0 Å². The molecule has 4 heterocycles. The van der Waals surface area contributed by atoms with E-state index in [1.807, 2.05) is 0 Å². The van der Waals surface area contributed by atoms with Crippen LogP contribution in [0.15, 0.2) is 35.4 Å². The van der Waals surface area contributed by atoms with Gasteiger partial charge in [0.05, 0.1) is 31.1 Å². The molecule has 11 heteroatoms. The van der Waals surface area contributed by atoms with E-state index in [4.69, 9.17) is 4.74 Å². The van der Waals surface area contributed by atoms with Gasteiger partial charge in [0.1, 0.15) is 22.9 Å². The van der Waals surface area contributed by atoms with Crippen LogP contribution in [-0.2, 0) is 4.74 Å². The molecular formula is C22H27N7O4. The van der Waals surface area contributed by atoms with Crippen LogP contribution in [0.1, 0.15) is 42.6 Å². The van der Waals surface area contributed by atoms with Gasteiger partial charge in [0.25, 0.3) is 11.5 Å². The maximum absolute atomic E-state index is 13.0. The summed E-state index contributed by atoms with van der Waals surface area (Å²) in [6, 6.07) is 5.14. The number of anilines is 3. The summed E-state index contributed by atoms with van der Waals surface area (Å²) in [6.07, 6.45) is 5.08. The van der Waals surface area contributed by atoms with Crippen molar-refractivity contribution in [1.82, 2.24) is 24.5 Å². The maximum Gasteiger partial charge on any atom is 0.274 e. The number of carbonyl (C=O) groups is 1. The number of hydrogen-bond acceptors (Lipinski definition) is 8. The Morgan fingerprint density at radius 2 is 2.18 bits per heavy atom. The van der Waals surface area contributed by atoms with Gasteiger partial charge in [-0.1, -0.05) is 0 Å². The summed E-state index contributed by atoms with van der Waals surface area (Å²) in [4.78, 5) is 30.5.